The Morgan fingerprint density at radius 1 is 0.262 bits per heavy atom. The van der Waals surface area contributed by atoms with Crippen molar-refractivity contribution in [2.45, 2.75) is 0 Å². The highest BCUT2D eigenvalue weighted by atomic mass is 32.1. The highest BCUT2D eigenvalue weighted by molar-refractivity contribution is 7.19. The number of fused-ring (bicyclic) bond motifs is 6. The molecule has 0 saturated carbocycles. The molecule has 4 aromatic heterocycles. The molecule has 0 aliphatic heterocycles. The Labute approximate surface area is 360 Å². The normalized spacial score (nSPS) is 11.6. The molecule has 4 heterocycles. The van der Waals surface area contributed by atoms with Gasteiger partial charge in [-0.15, -0.1) is 22.7 Å². The molecule has 0 N–H and O–H groups in total. The quantitative estimate of drug-likeness (QED) is 0.153. The molecule has 0 unspecified atom stereocenters. The Bertz CT molecular complexity index is 3320. The van der Waals surface area contributed by atoms with Crippen LogP contribution in [0.1, 0.15) is 0 Å². The van der Waals surface area contributed by atoms with Gasteiger partial charge >= 0.3 is 0 Å². The van der Waals surface area contributed by atoms with Gasteiger partial charge in [0, 0.05) is 58.1 Å². The molecule has 0 amide bonds. The third kappa shape index (κ3) is 6.43. The number of nitrogens with zero attached hydrogens (tertiary/aromatic N) is 1. The van der Waals surface area contributed by atoms with Gasteiger partial charge in [-0.2, -0.15) is 0 Å². The van der Waals surface area contributed by atoms with Crippen molar-refractivity contribution in [3.63, 3.8) is 0 Å². The Kier molecular flexibility index (Phi) is 8.54. The minimum absolute atomic E-state index is 0.917. The lowest BCUT2D eigenvalue weighted by Crippen LogP contribution is -2.09. The molecule has 0 radical (unpaired) electrons. The summed E-state index contributed by atoms with van der Waals surface area (Å²) in [4.78, 5) is 7.27. The lowest BCUT2D eigenvalue weighted by molar-refractivity contribution is 0.668. The van der Waals surface area contributed by atoms with Gasteiger partial charge < -0.3 is 13.7 Å². The van der Waals surface area contributed by atoms with E-state index in [4.69, 9.17) is 8.83 Å². The Morgan fingerprint density at radius 3 is 1.07 bits per heavy atom. The van der Waals surface area contributed by atoms with E-state index in [1.807, 2.05) is 46.9 Å². The second-order valence-electron chi connectivity index (χ2n) is 15.3. The molecular formula is C56H35NO2S2. The zero-order valence-electron chi connectivity index (χ0n) is 32.8. The van der Waals surface area contributed by atoms with Crippen molar-refractivity contribution in [1.29, 1.82) is 0 Å². The van der Waals surface area contributed by atoms with Crippen LogP contribution in [-0.4, -0.2) is 0 Å². The predicted octanol–water partition coefficient (Wildman–Crippen LogP) is 17.4. The number of hydrogen-bond acceptors (Lipinski definition) is 5. The molecule has 0 atom stereocenters. The third-order valence-corrected chi connectivity index (χ3v) is 14.0. The first-order chi connectivity index (χ1) is 30.2. The van der Waals surface area contributed by atoms with Crippen LogP contribution in [0.25, 0.3) is 96.8 Å². The number of thiophene rings is 2. The van der Waals surface area contributed by atoms with E-state index in [1.165, 1.54) is 52.9 Å². The van der Waals surface area contributed by atoms with Crippen molar-refractivity contribution in [2.75, 3.05) is 4.90 Å². The topological polar surface area (TPSA) is 29.5 Å². The van der Waals surface area contributed by atoms with Gasteiger partial charge in [-0.3, -0.25) is 0 Å². The molecular weight excluding hydrogens is 783 g/mol. The van der Waals surface area contributed by atoms with Crippen LogP contribution in [0.4, 0.5) is 17.1 Å². The van der Waals surface area contributed by atoms with Crippen LogP contribution in [0.5, 0.6) is 0 Å². The molecule has 8 aromatic carbocycles. The molecule has 0 saturated heterocycles. The Hall–Kier alpha value is -7.44. The van der Waals surface area contributed by atoms with Crippen molar-refractivity contribution < 1.29 is 8.83 Å². The first-order valence-corrected chi connectivity index (χ1v) is 22.0. The minimum atomic E-state index is 0.917. The molecule has 0 aliphatic rings. The summed E-state index contributed by atoms with van der Waals surface area (Å²) in [5.74, 6) is 0. The zero-order chi connectivity index (χ0) is 40.3. The Balaban J connectivity index is 0.853. The lowest BCUT2D eigenvalue weighted by atomic mass is 10.0. The highest BCUT2D eigenvalue weighted by Crippen LogP contribution is 2.42. The summed E-state index contributed by atoms with van der Waals surface area (Å²) in [5, 5.41) is 4.59. The van der Waals surface area contributed by atoms with Crippen LogP contribution >= 0.6 is 22.7 Å². The molecule has 5 heteroatoms. The average molecular weight is 818 g/mol. The zero-order valence-corrected chi connectivity index (χ0v) is 34.4. The summed E-state index contributed by atoms with van der Waals surface area (Å²) in [6, 6.07) is 75.8. The van der Waals surface area contributed by atoms with Crippen LogP contribution in [0, 0.1) is 0 Å². The summed E-state index contributed by atoms with van der Waals surface area (Å²) < 4.78 is 12.2. The van der Waals surface area contributed by atoms with Gasteiger partial charge in [0.2, 0.25) is 0 Å². The van der Waals surface area contributed by atoms with E-state index in [9.17, 15) is 0 Å². The summed E-state index contributed by atoms with van der Waals surface area (Å²) >= 11 is 3.63. The number of benzene rings is 8. The van der Waals surface area contributed by atoms with Crippen LogP contribution in [-0.2, 0) is 0 Å². The van der Waals surface area contributed by atoms with E-state index in [0.717, 1.165) is 60.9 Å². The number of anilines is 3. The maximum Gasteiger partial charge on any atom is 0.135 e. The fourth-order valence-electron chi connectivity index (χ4n) is 8.49. The first kappa shape index (κ1) is 35.5. The maximum atomic E-state index is 6.10. The van der Waals surface area contributed by atoms with E-state index in [1.54, 1.807) is 0 Å². The molecule has 0 fully saturated rings. The predicted molar refractivity (Wildman–Crippen MR) is 259 cm³/mol. The largest absolute Gasteiger partial charge is 0.456 e. The fraction of sp³-hybridized carbons (Fsp3) is 0. The monoisotopic (exact) mass is 817 g/mol. The molecule has 0 bridgehead atoms. The summed E-state index contributed by atoms with van der Waals surface area (Å²) in [7, 11) is 0. The van der Waals surface area contributed by atoms with E-state index >= 15 is 0 Å². The Morgan fingerprint density at radius 2 is 0.607 bits per heavy atom. The van der Waals surface area contributed by atoms with E-state index in [2.05, 4.69) is 193 Å². The molecule has 61 heavy (non-hydrogen) atoms. The summed E-state index contributed by atoms with van der Waals surface area (Å²) in [6.45, 7) is 0. The maximum absolute atomic E-state index is 6.10. The van der Waals surface area contributed by atoms with Crippen molar-refractivity contribution in [1.82, 2.24) is 0 Å². The highest BCUT2D eigenvalue weighted by Gasteiger charge is 2.16. The summed E-state index contributed by atoms with van der Waals surface area (Å²) in [6.07, 6.45) is 0. The second kappa shape index (κ2) is 14.7. The molecule has 12 rings (SSSR count). The van der Waals surface area contributed by atoms with Gasteiger partial charge in [-0.1, -0.05) is 103 Å². The van der Waals surface area contributed by atoms with Crippen LogP contribution in [0.3, 0.4) is 0 Å². The van der Waals surface area contributed by atoms with E-state index in [0.29, 0.717) is 0 Å². The van der Waals surface area contributed by atoms with Gasteiger partial charge in [-0.05, 0) is 143 Å². The average Bonchev–Trinajstić information content (AvgIpc) is 4.15. The molecule has 288 valence electrons. The van der Waals surface area contributed by atoms with Gasteiger partial charge in [-0.25, -0.2) is 0 Å². The minimum Gasteiger partial charge on any atom is -0.456 e. The van der Waals surface area contributed by atoms with Crippen molar-refractivity contribution in [2.24, 2.45) is 0 Å². The fourth-order valence-corrected chi connectivity index (χ4v) is 10.5. The third-order valence-electron chi connectivity index (χ3n) is 11.6. The smallest absolute Gasteiger partial charge is 0.135 e. The molecule has 0 spiro atoms. The van der Waals surface area contributed by atoms with Crippen LogP contribution in [0.15, 0.2) is 221 Å². The number of furan rings is 2. The van der Waals surface area contributed by atoms with Crippen molar-refractivity contribution in [3.05, 3.63) is 212 Å². The number of para-hydroxylation sites is 2. The van der Waals surface area contributed by atoms with Crippen molar-refractivity contribution >= 4 is 83.6 Å². The lowest BCUT2D eigenvalue weighted by Gasteiger charge is -2.26. The van der Waals surface area contributed by atoms with E-state index < -0.39 is 0 Å². The molecule has 12 aromatic rings. The molecule has 3 nitrogen and oxygen atoms in total. The van der Waals surface area contributed by atoms with Crippen LogP contribution in [0.2, 0.25) is 0 Å². The van der Waals surface area contributed by atoms with E-state index in [-0.39, 0.29) is 0 Å². The van der Waals surface area contributed by atoms with Gasteiger partial charge in [0.1, 0.15) is 22.3 Å². The molecule has 0 aliphatic carbocycles. The van der Waals surface area contributed by atoms with Crippen LogP contribution < -0.4 is 4.90 Å². The van der Waals surface area contributed by atoms with Gasteiger partial charge in [0.05, 0.1) is 0 Å². The number of hydrogen-bond donors (Lipinski definition) is 0. The van der Waals surface area contributed by atoms with Gasteiger partial charge in [0.25, 0.3) is 0 Å². The SMILES string of the molecule is c1ccc(-c2ccc(N(c3ccc(-c4ccc(-c5ccc6oc7ccccc7c6c5)s4)cc3)c3ccc(-c4ccc(-c5ccc6oc7ccccc7c6c5)s4)cc3)cc2)cc1. The standard InChI is InChI=1S/C56H35NO2S2/c1-2-8-36(9-3-1)37-14-22-42(23-15-37)57(43-24-16-38(17-25-43)53-30-32-55(60-53)40-20-28-51-47(34-40)45-10-4-6-12-49(45)58-51)44-26-18-39(19-27-44)54-31-33-56(61-54)41-21-29-52-48(35-41)46-11-5-7-13-50(46)59-52/h1-35H. The van der Waals surface area contributed by atoms with Gasteiger partial charge in [0.15, 0.2) is 0 Å². The first-order valence-electron chi connectivity index (χ1n) is 20.4. The van der Waals surface area contributed by atoms with Crippen molar-refractivity contribution in [3.8, 4) is 52.9 Å². The second-order valence-corrected chi connectivity index (χ2v) is 17.5. The summed E-state index contributed by atoms with van der Waals surface area (Å²) in [5.41, 5.74) is 14.1. The number of rotatable bonds is 8.